The molecule has 1 aliphatic heterocycles. The van der Waals surface area contributed by atoms with Crippen molar-refractivity contribution in [1.29, 1.82) is 0 Å². The van der Waals surface area contributed by atoms with Crippen LogP contribution < -0.4 is 9.77 Å². The molecule has 0 aliphatic carbocycles. The molecule has 2 aromatic carbocycles. The molecule has 3 rings (SSSR count). The second-order valence-electron chi connectivity index (χ2n) is 4.31. The second kappa shape index (κ2) is 4.56. The lowest BCUT2D eigenvalue weighted by molar-refractivity contribution is 1.10. The van der Waals surface area contributed by atoms with Crippen molar-refractivity contribution in [3.8, 4) is 0 Å². The molecule has 0 fully saturated rings. The molecule has 1 unspecified atom stereocenters. The number of halogens is 1. The first kappa shape index (κ1) is 12.0. The molecule has 1 aliphatic rings. The minimum Gasteiger partial charge on any atom is -0.315 e. The Morgan fingerprint density at radius 3 is 2.78 bits per heavy atom. The summed E-state index contributed by atoms with van der Waals surface area (Å²) < 4.78 is 2.13. The van der Waals surface area contributed by atoms with Gasteiger partial charge in [0, 0.05) is 11.9 Å². The molecule has 1 heterocycles. The van der Waals surface area contributed by atoms with Crippen LogP contribution in [0.3, 0.4) is 0 Å². The molecule has 0 aromatic heterocycles. The van der Waals surface area contributed by atoms with Crippen molar-refractivity contribution in [1.82, 2.24) is 0 Å². The average molecular weight is 272 g/mol. The highest BCUT2D eigenvalue weighted by Crippen LogP contribution is 2.45. The normalized spacial score (nSPS) is 17.9. The Hall–Kier alpha value is -1.06. The molecule has 4 heteroatoms. The molecule has 0 spiro atoms. The lowest BCUT2D eigenvalue weighted by Crippen LogP contribution is -2.07. The quantitative estimate of drug-likeness (QED) is 0.411. The average Bonchev–Trinajstić information content (AvgIpc) is 2.47. The number of para-hydroxylation sites is 1. The van der Waals surface area contributed by atoms with Crippen molar-refractivity contribution >= 4 is 42.5 Å². The van der Waals surface area contributed by atoms with Crippen LogP contribution in [0.15, 0.2) is 47.4 Å². The second-order valence-corrected chi connectivity index (χ2v) is 5.91. The predicted octanol–water partition coefficient (Wildman–Crippen LogP) is 3.27. The summed E-state index contributed by atoms with van der Waals surface area (Å²) in [7, 11) is 7.90. The molecule has 1 nitrogen and oxygen atoms in total. The zero-order chi connectivity index (χ0) is 12.7. The minimum absolute atomic E-state index is 0.130. The Bertz CT molecular complexity index is 602. The third-order valence-electron chi connectivity index (χ3n) is 3.10. The fourth-order valence-electron chi connectivity index (χ4n) is 2.19. The largest absolute Gasteiger partial charge is 0.315 e. The highest BCUT2D eigenvalue weighted by Gasteiger charge is 2.24. The van der Waals surface area contributed by atoms with Crippen LogP contribution >= 0.6 is 23.5 Å². The summed E-state index contributed by atoms with van der Waals surface area (Å²) in [4.78, 5) is 1.12. The van der Waals surface area contributed by atoms with Crippen LogP contribution in [0.5, 0.6) is 0 Å². The fourth-order valence-corrected chi connectivity index (χ4v) is 3.67. The van der Waals surface area contributed by atoms with Gasteiger partial charge in [0.1, 0.15) is 7.85 Å². The van der Waals surface area contributed by atoms with E-state index in [1.165, 1.54) is 0 Å². The number of hydrogen-bond acceptors (Lipinski definition) is 2. The van der Waals surface area contributed by atoms with E-state index >= 15 is 0 Å². The first-order chi connectivity index (χ1) is 8.66. The first-order valence-electron chi connectivity index (χ1n) is 5.71. The van der Waals surface area contributed by atoms with Crippen molar-refractivity contribution in [3.63, 3.8) is 0 Å². The number of fused-ring (bicyclic) bond motifs is 2. The van der Waals surface area contributed by atoms with E-state index in [1.807, 2.05) is 37.4 Å². The van der Waals surface area contributed by atoms with Gasteiger partial charge in [0.25, 0.3) is 0 Å². The van der Waals surface area contributed by atoms with Crippen LogP contribution in [-0.4, -0.2) is 14.9 Å². The van der Waals surface area contributed by atoms with Crippen molar-refractivity contribution in [2.45, 2.75) is 10.3 Å². The molecular formula is C14H11BClNS. The molecule has 1 atom stereocenters. The zero-order valence-corrected chi connectivity index (χ0v) is 11.5. The highest BCUT2D eigenvalue weighted by atomic mass is 35.5. The molecule has 0 saturated carbocycles. The number of rotatable bonds is 0. The third-order valence-corrected chi connectivity index (χ3v) is 4.59. The van der Waals surface area contributed by atoms with Gasteiger partial charge >= 0.3 is 0 Å². The summed E-state index contributed by atoms with van der Waals surface area (Å²) in [6.07, 6.45) is 0. The van der Waals surface area contributed by atoms with Gasteiger partial charge in [0.2, 0.25) is 0 Å². The Labute approximate surface area is 118 Å². The van der Waals surface area contributed by atoms with E-state index in [0.29, 0.717) is 0 Å². The van der Waals surface area contributed by atoms with Crippen molar-refractivity contribution in [2.24, 2.45) is 0 Å². The number of hydrogen-bond donors (Lipinski definition) is 0. The van der Waals surface area contributed by atoms with Crippen LogP contribution in [-0.2, 0) is 0 Å². The summed E-state index contributed by atoms with van der Waals surface area (Å²) in [5.74, 6) is 0. The van der Waals surface area contributed by atoms with Gasteiger partial charge in [-0.15, -0.1) is 11.6 Å². The summed E-state index contributed by atoms with van der Waals surface area (Å²) in [6, 6.07) is 14.1. The Kier molecular flexibility index (Phi) is 3.04. The van der Waals surface area contributed by atoms with E-state index < -0.39 is 0 Å². The van der Waals surface area contributed by atoms with Crippen molar-refractivity contribution < 1.29 is 0 Å². The van der Waals surface area contributed by atoms with Gasteiger partial charge in [-0.05, 0) is 29.1 Å². The van der Waals surface area contributed by atoms with Gasteiger partial charge in [0.15, 0.2) is 0 Å². The minimum atomic E-state index is -0.130. The predicted molar refractivity (Wildman–Crippen MR) is 80.2 cm³/mol. The number of nitrogens with zero attached hydrogens (tertiary/aromatic N) is 1. The molecule has 2 radical (unpaired) electrons. The van der Waals surface area contributed by atoms with Gasteiger partial charge in [-0.25, -0.2) is 0 Å². The van der Waals surface area contributed by atoms with E-state index in [1.54, 1.807) is 11.9 Å². The molecule has 0 saturated heterocycles. The first-order valence-corrected chi connectivity index (χ1v) is 6.92. The summed E-state index contributed by atoms with van der Waals surface area (Å²) in [5, 5.41) is -0.130. The monoisotopic (exact) mass is 271 g/mol. The summed E-state index contributed by atoms with van der Waals surface area (Å²) in [6.45, 7) is 0. The van der Waals surface area contributed by atoms with Gasteiger partial charge in [-0.3, -0.25) is 0 Å². The van der Waals surface area contributed by atoms with Gasteiger partial charge in [0.05, 0.1) is 11.1 Å². The van der Waals surface area contributed by atoms with Crippen LogP contribution in [0.25, 0.3) is 0 Å². The summed E-state index contributed by atoms with van der Waals surface area (Å²) in [5.41, 5.74) is 4.17. The van der Waals surface area contributed by atoms with Crippen molar-refractivity contribution in [2.75, 3.05) is 11.4 Å². The van der Waals surface area contributed by atoms with Crippen LogP contribution in [0, 0.1) is 0 Å². The van der Waals surface area contributed by atoms with Gasteiger partial charge in [-0.1, -0.05) is 41.9 Å². The van der Waals surface area contributed by atoms with Crippen molar-refractivity contribution in [3.05, 3.63) is 53.6 Å². The fraction of sp³-hybridized carbons (Fsp3) is 0.143. The zero-order valence-electron chi connectivity index (χ0n) is 9.93. The van der Waals surface area contributed by atoms with Gasteiger partial charge < -0.3 is 4.31 Å². The Morgan fingerprint density at radius 2 is 1.94 bits per heavy atom. The Morgan fingerprint density at radius 1 is 1.17 bits per heavy atom. The van der Waals surface area contributed by atoms with Crippen LogP contribution in [0.1, 0.15) is 16.5 Å². The van der Waals surface area contributed by atoms with E-state index in [9.17, 15) is 0 Å². The standard InChI is InChI=1S/C14H11BClNS/c1-17-12-5-3-2-4-10(12)14(16)11-7-6-9(15)8-13(11)18-17/h2-8,14H,1H3. The molecule has 0 N–H and O–H groups in total. The lowest BCUT2D eigenvalue weighted by Gasteiger charge is -2.18. The molecule has 0 amide bonds. The molecule has 0 bridgehead atoms. The lowest BCUT2D eigenvalue weighted by atomic mass is 9.93. The third kappa shape index (κ3) is 1.92. The van der Waals surface area contributed by atoms with Gasteiger partial charge in [-0.2, -0.15) is 0 Å². The molecule has 88 valence electrons. The SMILES string of the molecule is [B]c1ccc2c(c1)SN(C)c1ccccc1C2Cl. The molecule has 2 aromatic rings. The highest BCUT2D eigenvalue weighted by molar-refractivity contribution is 8.00. The van der Waals surface area contributed by atoms with E-state index in [0.717, 1.165) is 27.2 Å². The smallest absolute Gasteiger partial charge is 0.113 e. The number of anilines is 1. The molecule has 18 heavy (non-hydrogen) atoms. The Balaban J connectivity index is 2.21. The number of benzene rings is 2. The maximum atomic E-state index is 6.62. The maximum Gasteiger partial charge on any atom is 0.113 e. The van der Waals surface area contributed by atoms with Crippen LogP contribution in [0.2, 0.25) is 0 Å². The van der Waals surface area contributed by atoms with Crippen LogP contribution in [0.4, 0.5) is 5.69 Å². The number of alkyl halides is 1. The van der Waals surface area contributed by atoms with E-state index in [-0.39, 0.29) is 5.38 Å². The topological polar surface area (TPSA) is 3.24 Å². The summed E-state index contributed by atoms with van der Waals surface area (Å²) >= 11 is 8.28. The van der Waals surface area contributed by atoms with E-state index in [4.69, 9.17) is 19.4 Å². The molecular weight excluding hydrogens is 260 g/mol. The van der Waals surface area contributed by atoms with E-state index in [2.05, 4.69) is 16.4 Å². The maximum absolute atomic E-state index is 6.62.